The van der Waals surface area contributed by atoms with Crippen molar-refractivity contribution < 1.29 is 8.78 Å². The maximum atomic E-state index is 13.1. The summed E-state index contributed by atoms with van der Waals surface area (Å²) in [4.78, 5) is 8.03. The lowest BCUT2D eigenvalue weighted by Crippen LogP contribution is -2.00. The molecule has 1 aromatic carbocycles. The van der Waals surface area contributed by atoms with E-state index in [4.69, 9.17) is 0 Å². The number of aromatic nitrogens is 2. The molecule has 3 nitrogen and oxygen atoms in total. The number of rotatable bonds is 3. The maximum Gasteiger partial charge on any atom is 0.159 e. The maximum absolute atomic E-state index is 13.1. The Balaban J connectivity index is 2.38. The van der Waals surface area contributed by atoms with Gasteiger partial charge in [0.05, 0.1) is 5.69 Å². The Labute approximate surface area is 97.5 Å². The standard InChI is InChI=1S/C12H11F2N3/c1-2-15-12-6-11(16-7-17-12)8-3-4-9(13)10(14)5-8/h3-7H,2H2,1H3,(H,15,16,17). The average Bonchev–Trinajstić information content (AvgIpc) is 2.33. The van der Waals surface area contributed by atoms with Gasteiger partial charge in [-0.1, -0.05) is 0 Å². The van der Waals surface area contributed by atoms with Crippen LogP contribution in [0.3, 0.4) is 0 Å². The van der Waals surface area contributed by atoms with Crippen LogP contribution < -0.4 is 5.32 Å². The average molecular weight is 235 g/mol. The number of halogens is 2. The van der Waals surface area contributed by atoms with Crippen LogP contribution in [-0.2, 0) is 0 Å². The SMILES string of the molecule is CCNc1cc(-c2ccc(F)c(F)c2)ncn1. The zero-order chi connectivity index (χ0) is 12.3. The Morgan fingerprint density at radius 2 is 1.94 bits per heavy atom. The highest BCUT2D eigenvalue weighted by molar-refractivity contribution is 5.62. The molecule has 0 aliphatic heterocycles. The highest BCUT2D eigenvalue weighted by Crippen LogP contribution is 2.20. The summed E-state index contributed by atoms with van der Waals surface area (Å²) in [5.74, 6) is -1.09. The first kappa shape index (κ1) is 11.4. The quantitative estimate of drug-likeness (QED) is 0.888. The zero-order valence-electron chi connectivity index (χ0n) is 9.24. The summed E-state index contributed by atoms with van der Waals surface area (Å²) >= 11 is 0. The van der Waals surface area contributed by atoms with E-state index < -0.39 is 11.6 Å². The monoisotopic (exact) mass is 235 g/mol. The van der Waals surface area contributed by atoms with Crippen molar-refractivity contribution in [1.82, 2.24) is 9.97 Å². The van der Waals surface area contributed by atoms with Crippen molar-refractivity contribution in [2.24, 2.45) is 0 Å². The number of benzene rings is 1. The molecule has 1 aromatic heterocycles. The van der Waals surface area contributed by atoms with Crippen LogP contribution in [0.25, 0.3) is 11.3 Å². The van der Waals surface area contributed by atoms with Crippen LogP contribution in [0.1, 0.15) is 6.92 Å². The van der Waals surface area contributed by atoms with Gasteiger partial charge in [-0.25, -0.2) is 18.7 Å². The van der Waals surface area contributed by atoms with Crippen LogP contribution >= 0.6 is 0 Å². The molecule has 0 radical (unpaired) electrons. The van der Waals surface area contributed by atoms with Crippen LogP contribution in [0, 0.1) is 11.6 Å². The van der Waals surface area contributed by atoms with Crippen molar-refractivity contribution in [3.05, 3.63) is 42.2 Å². The number of nitrogens with zero attached hydrogens (tertiary/aromatic N) is 2. The van der Waals surface area contributed by atoms with E-state index in [1.807, 2.05) is 6.92 Å². The van der Waals surface area contributed by atoms with Crippen LogP contribution in [0.15, 0.2) is 30.6 Å². The van der Waals surface area contributed by atoms with Gasteiger partial charge in [0.15, 0.2) is 11.6 Å². The largest absolute Gasteiger partial charge is 0.370 e. The molecule has 0 saturated heterocycles. The molecule has 88 valence electrons. The van der Waals surface area contributed by atoms with Crippen molar-refractivity contribution in [2.45, 2.75) is 6.92 Å². The third-order valence-corrected chi connectivity index (χ3v) is 2.24. The van der Waals surface area contributed by atoms with Crippen molar-refractivity contribution in [3.8, 4) is 11.3 Å². The van der Waals surface area contributed by atoms with E-state index in [0.717, 1.165) is 18.7 Å². The smallest absolute Gasteiger partial charge is 0.159 e. The number of anilines is 1. The zero-order valence-corrected chi connectivity index (χ0v) is 9.24. The molecule has 5 heteroatoms. The molecular formula is C12H11F2N3. The lowest BCUT2D eigenvalue weighted by Gasteiger charge is -2.05. The second-order valence-corrected chi connectivity index (χ2v) is 3.45. The fourth-order valence-electron chi connectivity index (χ4n) is 1.45. The summed E-state index contributed by atoms with van der Waals surface area (Å²) in [7, 11) is 0. The van der Waals surface area contributed by atoms with Gasteiger partial charge in [-0.3, -0.25) is 0 Å². The van der Waals surface area contributed by atoms with Crippen LogP contribution in [0.4, 0.5) is 14.6 Å². The molecular weight excluding hydrogens is 224 g/mol. The summed E-state index contributed by atoms with van der Waals surface area (Å²) < 4.78 is 25.9. The molecule has 0 unspecified atom stereocenters. The second kappa shape index (κ2) is 4.86. The van der Waals surface area contributed by atoms with Crippen LogP contribution in [-0.4, -0.2) is 16.5 Å². The highest BCUT2D eigenvalue weighted by Gasteiger charge is 2.06. The summed E-state index contributed by atoms with van der Waals surface area (Å²) in [6.07, 6.45) is 1.38. The Bertz CT molecular complexity index is 529. The predicted molar refractivity (Wildman–Crippen MR) is 61.5 cm³/mol. The molecule has 0 saturated carbocycles. The Morgan fingerprint density at radius 1 is 1.12 bits per heavy atom. The molecule has 0 amide bonds. The van der Waals surface area contributed by atoms with E-state index in [2.05, 4.69) is 15.3 Å². The van der Waals surface area contributed by atoms with Gasteiger partial charge in [-0.05, 0) is 25.1 Å². The number of hydrogen-bond donors (Lipinski definition) is 1. The fraction of sp³-hybridized carbons (Fsp3) is 0.167. The van der Waals surface area contributed by atoms with Crippen molar-refractivity contribution in [3.63, 3.8) is 0 Å². The van der Waals surface area contributed by atoms with E-state index in [1.54, 1.807) is 6.07 Å². The predicted octanol–water partition coefficient (Wildman–Crippen LogP) is 2.85. The summed E-state index contributed by atoms with van der Waals surface area (Å²) in [5.41, 5.74) is 1.07. The topological polar surface area (TPSA) is 37.8 Å². The lowest BCUT2D eigenvalue weighted by molar-refractivity contribution is 0.509. The third kappa shape index (κ3) is 2.55. The van der Waals surface area contributed by atoms with Gasteiger partial charge in [-0.2, -0.15) is 0 Å². The second-order valence-electron chi connectivity index (χ2n) is 3.45. The van der Waals surface area contributed by atoms with Gasteiger partial charge in [0.1, 0.15) is 12.1 Å². The molecule has 0 fully saturated rings. The first-order chi connectivity index (χ1) is 8.20. The Morgan fingerprint density at radius 3 is 2.65 bits per heavy atom. The minimum atomic E-state index is -0.883. The number of hydrogen-bond acceptors (Lipinski definition) is 3. The third-order valence-electron chi connectivity index (χ3n) is 2.24. The number of nitrogens with one attached hydrogen (secondary N) is 1. The van der Waals surface area contributed by atoms with Gasteiger partial charge in [0, 0.05) is 18.2 Å². The van der Waals surface area contributed by atoms with Gasteiger partial charge < -0.3 is 5.32 Å². The van der Waals surface area contributed by atoms with Crippen LogP contribution in [0.5, 0.6) is 0 Å². The molecule has 17 heavy (non-hydrogen) atoms. The van der Waals surface area contributed by atoms with E-state index in [1.165, 1.54) is 12.4 Å². The van der Waals surface area contributed by atoms with Gasteiger partial charge in [0.2, 0.25) is 0 Å². The molecule has 1 heterocycles. The Kier molecular flexibility index (Phi) is 3.27. The van der Waals surface area contributed by atoms with E-state index in [-0.39, 0.29) is 0 Å². The molecule has 0 bridgehead atoms. The minimum absolute atomic E-state index is 0.519. The fourth-order valence-corrected chi connectivity index (χ4v) is 1.45. The van der Waals surface area contributed by atoms with Crippen LogP contribution in [0.2, 0.25) is 0 Å². The van der Waals surface area contributed by atoms with Crippen molar-refractivity contribution in [2.75, 3.05) is 11.9 Å². The van der Waals surface area contributed by atoms with Gasteiger partial charge >= 0.3 is 0 Å². The van der Waals surface area contributed by atoms with E-state index in [9.17, 15) is 8.78 Å². The molecule has 0 atom stereocenters. The van der Waals surface area contributed by atoms with E-state index in [0.29, 0.717) is 17.1 Å². The van der Waals surface area contributed by atoms with Gasteiger partial charge in [-0.15, -0.1) is 0 Å². The first-order valence-electron chi connectivity index (χ1n) is 5.22. The summed E-state index contributed by atoms with van der Waals surface area (Å²) in [6, 6.07) is 5.37. The molecule has 2 aromatic rings. The van der Waals surface area contributed by atoms with Crippen molar-refractivity contribution in [1.29, 1.82) is 0 Å². The molecule has 0 spiro atoms. The minimum Gasteiger partial charge on any atom is -0.370 e. The summed E-state index contributed by atoms with van der Waals surface area (Å²) in [6.45, 7) is 2.67. The molecule has 0 aliphatic rings. The normalized spacial score (nSPS) is 10.3. The molecule has 2 rings (SSSR count). The molecule has 1 N–H and O–H groups in total. The van der Waals surface area contributed by atoms with Crippen molar-refractivity contribution >= 4 is 5.82 Å². The van der Waals surface area contributed by atoms with E-state index >= 15 is 0 Å². The summed E-state index contributed by atoms with van der Waals surface area (Å²) in [5, 5.41) is 3.02. The Hall–Kier alpha value is -2.04. The first-order valence-corrected chi connectivity index (χ1v) is 5.22. The molecule has 0 aliphatic carbocycles. The lowest BCUT2D eigenvalue weighted by atomic mass is 10.1. The van der Waals surface area contributed by atoms with Gasteiger partial charge in [0.25, 0.3) is 0 Å². The highest BCUT2D eigenvalue weighted by atomic mass is 19.2.